The van der Waals surface area contributed by atoms with Gasteiger partial charge in [-0.25, -0.2) is 0 Å². The van der Waals surface area contributed by atoms with Crippen molar-refractivity contribution in [3.63, 3.8) is 0 Å². The first-order valence-corrected chi connectivity index (χ1v) is 9.63. The van der Waals surface area contributed by atoms with Crippen molar-refractivity contribution in [3.8, 4) is 0 Å². The molecule has 2 saturated heterocycles. The summed E-state index contributed by atoms with van der Waals surface area (Å²) in [5.41, 5.74) is 1.78. The first-order chi connectivity index (χ1) is 12.8. The van der Waals surface area contributed by atoms with Crippen molar-refractivity contribution in [2.24, 2.45) is 5.41 Å². The van der Waals surface area contributed by atoms with E-state index in [-0.39, 0.29) is 0 Å². The predicted octanol–water partition coefficient (Wildman–Crippen LogP) is 3.18. The average Bonchev–Trinajstić information content (AvgIpc) is 3.27. The van der Waals surface area contributed by atoms with Crippen LogP contribution in [0.5, 0.6) is 0 Å². The number of piperidine rings is 1. The molecule has 2 aromatic rings. The van der Waals surface area contributed by atoms with Gasteiger partial charge in [-0.1, -0.05) is 0 Å². The van der Waals surface area contributed by atoms with Gasteiger partial charge in [0.25, 0.3) is 0 Å². The molecule has 0 aliphatic carbocycles. The van der Waals surface area contributed by atoms with Gasteiger partial charge in [0, 0.05) is 38.6 Å². The Morgan fingerprint density at radius 3 is 2.69 bits per heavy atom. The Kier molecular flexibility index (Phi) is 5.38. The zero-order valence-electron chi connectivity index (χ0n) is 15.6. The van der Waals surface area contributed by atoms with E-state index in [0.717, 1.165) is 38.5 Å². The molecule has 0 radical (unpaired) electrons. The third-order valence-electron chi connectivity index (χ3n) is 6.09. The summed E-state index contributed by atoms with van der Waals surface area (Å²) in [6.07, 6.45) is 9.32. The second-order valence-electron chi connectivity index (χ2n) is 7.93. The van der Waals surface area contributed by atoms with Gasteiger partial charge < -0.3 is 9.15 Å². The quantitative estimate of drug-likeness (QED) is 0.796. The minimum absolute atomic E-state index is 0.440. The first-order valence-electron chi connectivity index (χ1n) is 9.63. The Hall–Kier alpha value is -1.69. The fourth-order valence-corrected chi connectivity index (χ4v) is 4.69. The number of methoxy groups -OCH3 is 1. The number of hydrogen-bond donors (Lipinski definition) is 0. The summed E-state index contributed by atoms with van der Waals surface area (Å²) in [6.45, 7) is 6.24. The molecule has 1 atom stereocenters. The molecule has 1 unspecified atom stereocenters. The van der Waals surface area contributed by atoms with Gasteiger partial charge in [0.15, 0.2) is 0 Å². The van der Waals surface area contributed by atoms with Gasteiger partial charge in [-0.2, -0.15) is 0 Å². The second-order valence-corrected chi connectivity index (χ2v) is 7.93. The van der Waals surface area contributed by atoms with Gasteiger partial charge in [-0.05, 0) is 67.6 Å². The minimum Gasteiger partial charge on any atom is -0.468 e. The third kappa shape index (κ3) is 4.00. The van der Waals surface area contributed by atoms with Crippen LogP contribution in [0.1, 0.15) is 30.6 Å². The van der Waals surface area contributed by atoms with E-state index in [1.807, 2.05) is 25.6 Å². The van der Waals surface area contributed by atoms with E-state index in [2.05, 4.69) is 33.0 Å². The molecule has 0 bridgehead atoms. The van der Waals surface area contributed by atoms with Gasteiger partial charge in [-0.15, -0.1) is 0 Å². The van der Waals surface area contributed by atoms with Crippen molar-refractivity contribution in [1.29, 1.82) is 0 Å². The van der Waals surface area contributed by atoms with Crippen LogP contribution in [-0.2, 0) is 17.8 Å². The molecular formula is C21H29N3O2. The van der Waals surface area contributed by atoms with E-state index in [4.69, 9.17) is 9.15 Å². The molecule has 26 heavy (non-hydrogen) atoms. The lowest BCUT2D eigenvalue weighted by Gasteiger charge is -2.39. The normalized spacial score (nSPS) is 23.7. The SMILES string of the molecule is COCC1CC2(CCN(Cc3ccco3)CC2)CN1Cc1ccncc1. The van der Waals surface area contributed by atoms with Gasteiger partial charge in [0.05, 0.1) is 19.4 Å². The van der Waals surface area contributed by atoms with E-state index >= 15 is 0 Å². The predicted molar refractivity (Wildman–Crippen MR) is 101 cm³/mol. The van der Waals surface area contributed by atoms with Gasteiger partial charge >= 0.3 is 0 Å². The first kappa shape index (κ1) is 17.7. The molecular weight excluding hydrogens is 326 g/mol. The van der Waals surface area contributed by atoms with Gasteiger partial charge in [0.1, 0.15) is 5.76 Å². The molecule has 0 aromatic carbocycles. The number of rotatable bonds is 6. The van der Waals surface area contributed by atoms with E-state index in [9.17, 15) is 0 Å². The van der Waals surface area contributed by atoms with E-state index < -0.39 is 0 Å². The summed E-state index contributed by atoms with van der Waals surface area (Å²) in [4.78, 5) is 9.30. The van der Waals surface area contributed by atoms with Crippen molar-refractivity contribution in [2.45, 2.75) is 38.4 Å². The molecule has 5 heteroatoms. The number of hydrogen-bond acceptors (Lipinski definition) is 5. The molecule has 4 heterocycles. The molecule has 0 saturated carbocycles. The van der Waals surface area contributed by atoms with Crippen LogP contribution in [0.2, 0.25) is 0 Å². The summed E-state index contributed by atoms with van der Waals surface area (Å²) >= 11 is 0. The molecule has 5 nitrogen and oxygen atoms in total. The lowest BCUT2D eigenvalue weighted by molar-refractivity contribution is 0.0966. The largest absolute Gasteiger partial charge is 0.468 e. The molecule has 1 spiro atoms. The molecule has 2 aliphatic rings. The average molecular weight is 355 g/mol. The Morgan fingerprint density at radius 2 is 2.00 bits per heavy atom. The standard InChI is InChI=1S/C21H29N3O2/c1-25-16-19-13-21(17-24(19)14-18-4-8-22-9-5-18)6-10-23(11-7-21)15-20-3-2-12-26-20/h2-5,8-9,12,19H,6-7,10-11,13-17H2,1H3. The van der Waals surface area contributed by atoms with Crippen LogP contribution in [0.3, 0.4) is 0 Å². The maximum atomic E-state index is 5.54. The van der Waals surface area contributed by atoms with Crippen LogP contribution in [0.25, 0.3) is 0 Å². The maximum Gasteiger partial charge on any atom is 0.117 e. The van der Waals surface area contributed by atoms with Gasteiger partial charge in [0.2, 0.25) is 0 Å². The summed E-state index contributed by atoms with van der Waals surface area (Å²) in [5.74, 6) is 1.07. The summed E-state index contributed by atoms with van der Waals surface area (Å²) in [7, 11) is 1.82. The lowest BCUT2D eigenvalue weighted by Crippen LogP contribution is -2.41. The fourth-order valence-electron chi connectivity index (χ4n) is 4.69. The number of aromatic nitrogens is 1. The molecule has 2 fully saturated rings. The van der Waals surface area contributed by atoms with Crippen LogP contribution in [0, 0.1) is 5.41 Å². The molecule has 0 amide bonds. The zero-order chi connectivity index (χ0) is 17.8. The van der Waals surface area contributed by atoms with Gasteiger partial charge in [-0.3, -0.25) is 14.8 Å². The Labute approximate surface area is 156 Å². The third-order valence-corrected chi connectivity index (χ3v) is 6.09. The summed E-state index contributed by atoms with van der Waals surface area (Å²) in [6, 6.07) is 8.82. The summed E-state index contributed by atoms with van der Waals surface area (Å²) in [5, 5.41) is 0. The Morgan fingerprint density at radius 1 is 1.19 bits per heavy atom. The van der Waals surface area contributed by atoms with Crippen molar-refractivity contribution in [3.05, 3.63) is 54.2 Å². The van der Waals surface area contributed by atoms with E-state index in [1.54, 1.807) is 6.26 Å². The molecule has 2 aliphatic heterocycles. The van der Waals surface area contributed by atoms with Crippen molar-refractivity contribution in [2.75, 3.05) is 33.4 Å². The Balaban J connectivity index is 1.38. The number of pyridine rings is 1. The number of likely N-dealkylation sites (tertiary alicyclic amines) is 2. The smallest absolute Gasteiger partial charge is 0.117 e. The van der Waals surface area contributed by atoms with Crippen LogP contribution in [-0.4, -0.2) is 54.2 Å². The van der Waals surface area contributed by atoms with E-state index in [0.29, 0.717) is 11.5 Å². The van der Waals surface area contributed by atoms with Crippen LogP contribution < -0.4 is 0 Å². The highest BCUT2D eigenvalue weighted by molar-refractivity contribution is 5.11. The molecule has 0 N–H and O–H groups in total. The zero-order valence-corrected chi connectivity index (χ0v) is 15.6. The molecule has 2 aromatic heterocycles. The second kappa shape index (κ2) is 7.91. The highest BCUT2D eigenvalue weighted by atomic mass is 16.5. The molecule has 140 valence electrons. The summed E-state index contributed by atoms with van der Waals surface area (Å²) < 4.78 is 11.1. The van der Waals surface area contributed by atoms with Crippen LogP contribution >= 0.6 is 0 Å². The molecule has 4 rings (SSSR count). The van der Waals surface area contributed by atoms with E-state index in [1.165, 1.54) is 31.4 Å². The van der Waals surface area contributed by atoms with Crippen molar-refractivity contribution < 1.29 is 9.15 Å². The highest BCUT2D eigenvalue weighted by Crippen LogP contribution is 2.44. The maximum absolute atomic E-state index is 5.54. The number of nitrogens with zero attached hydrogens (tertiary/aromatic N) is 3. The van der Waals surface area contributed by atoms with Crippen LogP contribution in [0.15, 0.2) is 47.3 Å². The van der Waals surface area contributed by atoms with Crippen LogP contribution in [0.4, 0.5) is 0 Å². The number of ether oxygens (including phenoxy) is 1. The fraction of sp³-hybridized carbons (Fsp3) is 0.571. The topological polar surface area (TPSA) is 41.7 Å². The number of furan rings is 1. The Bertz CT molecular complexity index is 666. The van der Waals surface area contributed by atoms with Crippen molar-refractivity contribution >= 4 is 0 Å². The monoisotopic (exact) mass is 355 g/mol. The highest BCUT2D eigenvalue weighted by Gasteiger charge is 2.45. The van der Waals surface area contributed by atoms with Crippen molar-refractivity contribution in [1.82, 2.24) is 14.8 Å². The lowest BCUT2D eigenvalue weighted by atomic mass is 9.76. The minimum atomic E-state index is 0.440.